The molecule has 41 heavy (non-hydrogen) atoms. The Balaban J connectivity index is 1.52. The number of aliphatic hydroxyl groups excluding tert-OH is 1. The molecule has 0 spiro atoms. The normalized spacial score (nSPS) is 17.9. The minimum atomic E-state index is -0.363. The number of rotatable bonds is 9. The monoisotopic (exact) mass is 558 g/mol. The van der Waals surface area contributed by atoms with E-state index in [1.165, 1.54) is 16.7 Å². The molecule has 3 aromatic rings. The number of carbonyl (C=O) groups is 2. The highest BCUT2D eigenvalue weighted by Gasteiger charge is 2.33. The number of aliphatic hydroxyl groups is 1. The van der Waals surface area contributed by atoms with E-state index in [2.05, 4.69) is 65.9 Å². The molecule has 0 aromatic heterocycles. The molecule has 0 bridgehead atoms. The Morgan fingerprint density at radius 3 is 2.39 bits per heavy atom. The van der Waals surface area contributed by atoms with Crippen LogP contribution in [0.2, 0.25) is 0 Å². The van der Waals surface area contributed by atoms with E-state index in [-0.39, 0.29) is 42.7 Å². The molecule has 4 rings (SSSR count). The van der Waals surface area contributed by atoms with E-state index in [4.69, 9.17) is 4.74 Å². The lowest BCUT2D eigenvalue weighted by atomic mass is 9.99. The van der Waals surface area contributed by atoms with E-state index in [1.54, 1.807) is 23.1 Å². The van der Waals surface area contributed by atoms with Crippen LogP contribution < -0.4 is 15.4 Å². The van der Waals surface area contributed by atoms with Gasteiger partial charge < -0.3 is 25.4 Å². The Kier molecular flexibility index (Phi) is 10.0. The summed E-state index contributed by atoms with van der Waals surface area (Å²) in [6, 6.07) is 23.3. The first-order valence-corrected chi connectivity index (χ1v) is 14.3. The number of nitrogens with zero attached hydrogens (tertiary/aromatic N) is 2. The van der Waals surface area contributed by atoms with Gasteiger partial charge in [-0.15, -0.1) is 0 Å². The lowest BCUT2D eigenvalue weighted by Gasteiger charge is -2.38. The van der Waals surface area contributed by atoms with E-state index in [1.807, 2.05) is 39.0 Å². The second-order valence-corrected chi connectivity index (χ2v) is 11.3. The SMILES string of the molecule is CC(C)NC(=O)Nc1ccc2c(c1)C(=O)N([C@@H](C)CO)C[C@H](C)[C@@H](CN(C)Cc1ccc(-c3ccccc3)cc1)O2. The van der Waals surface area contributed by atoms with Crippen LogP contribution >= 0.6 is 0 Å². The molecule has 0 radical (unpaired) electrons. The first-order valence-electron chi connectivity index (χ1n) is 14.3. The molecule has 1 aliphatic heterocycles. The second-order valence-electron chi connectivity index (χ2n) is 11.3. The van der Waals surface area contributed by atoms with Crippen molar-refractivity contribution < 1.29 is 19.4 Å². The minimum Gasteiger partial charge on any atom is -0.488 e. The largest absolute Gasteiger partial charge is 0.488 e. The van der Waals surface area contributed by atoms with Gasteiger partial charge in [0, 0.05) is 37.3 Å². The van der Waals surface area contributed by atoms with Crippen molar-refractivity contribution in [3.8, 4) is 16.9 Å². The summed E-state index contributed by atoms with van der Waals surface area (Å²) >= 11 is 0. The Hall–Kier alpha value is -3.88. The number of nitrogens with one attached hydrogen (secondary N) is 2. The van der Waals surface area contributed by atoms with Crippen LogP contribution in [-0.4, -0.2) is 71.8 Å². The molecule has 1 heterocycles. The van der Waals surface area contributed by atoms with Crippen molar-refractivity contribution >= 4 is 17.6 Å². The third-order valence-corrected chi connectivity index (χ3v) is 7.35. The summed E-state index contributed by atoms with van der Waals surface area (Å²) in [7, 11) is 2.07. The third-order valence-electron chi connectivity index (χ3n) is 7.35. The molecule has 0 aliphatic carbocycles. The Labute approximate surface area is 243 Å². The number of likely N-dealkylation sites (N-methyl/N-ethyl adjacent to an activating group) is 1. The summed E-state index contributed by atoms with van der Waals surface area (Å²) in [5.74, 6) is 0.252. The Morgan fingerprint density at radius 1 is 1.05 bits per heavy atom. The van der Waals surface area contributed by atoms with Crippen molar-refractivity contribution in [2.24, 2.45) is 5.92 Å². The van der Waals surface area contributed by atoms with Gasteiger partial charge in [-0.25, -0.2) is 4.79 Å². The van der Waals surface area contributed by atoms with Crippen LogP contribution in [0.1, 0.15) is 43.6 Å². The summed E-state index contributed by atoms with van der Waals surface area (Å²) in [4.78, 5) is 29.9. The zero-order chi connectivity index (χ0) is 29.5. The van der Waals surface area contributed by atoms with Crippen molar-refractivity contribution in [3.05, 3.63) is 83.9 Å². The zero-order valence-electron chi connectivity index (χ0n) is 24.6. The van der Waals surface area contributed by atoms with Gasteiger partial charge in [0.05, 0.1) is 18.2 Å². The molecule has 218 valence electrons. The average Bonchev–Trinajstić information content (AvgIpc) is 2.95. The summed E-state index contributed by atoms with van der Waals surface area (Å²) < 4.78 is 6.51. The number of anilines is 1. The van der Waals surface area contributed by atoms with Gasteiger partial charge in [0.15, 0.2) is 0 Å². The van der Waals surface area contributed by atoms with Crippen LogP contribution in [-0.2, 0) is 6.54 Å². The predicted octanol–water partition coefficient (Wildman–Crippen LogP) is 5.24. The van der Waals surface area contributed by atoms with Crippen LogP contribution in [0.25, 0.3) is 11.1 Å². The number of ether oxygens (including phenoxy) is 1. The molecule has 3 aromatic carbocycles. The van der Waals surface area contributed by atoms with Gasteiger partial charge in [-0.2, -0.15) is 0 Å². The molecule has 3 amide bonds. The van der Waals surface area contributed by atoms with Crippen molar-refractivity contribution in [1.82, 2.24) is 15.1 Å². The fourth-order valence-electron chi connectivity index (χ4n) is 5.06. The lowest BCUT2D eigenvalue weighted by molar-refractivity contribution is 0.0341. The van der Waals surface area contributed by atoms with Gasteiger partial charge in [0.25, 0.3) is 5.91 Å². The molecular formula is C33H42N4O4. The van der Waals surface area contributed by atoms with Crippen LogP contribution in [0.3, 0.4) is 0 Å². The number of carbonyl (C=O) groups excluding carboxylic acids is 2. The lowest BCUT2D eigenvalue weighted by Crippen LogP contribution is -2.49. The molecule has 3 atom stereocenters. The Bertz CT molecular complexity index is 1310. The van der Waals surface area contributed by atoms with Gasteiger partial charge in [-0.1, -0.05) is 61.5 Å². The van der Waals surface area contributed by atoms with E-state index in [0.29, 0.717) is 30.1 Å². The molecule has 8 heteroatoms. The number of fused-ring (bicyclic) bond motifs is 1. The first kappa shape index (κ1) is 30.1. The quantitative estimate of drug-likeness (QED) is 0.334. The maximum absolute atomic E-state index is 13.6. The summed E-state index contributed by atoms with van der Waals surface area (Å²) in [6.07, 6.45) is -0.202. The molecule has 0 saturated heterocycles. The number of urea groups is 1. The summed E-state index contributed by atoms with van der Waals surface area (Å²) in [5.41, 5.74) is 4.44. The summed E-state index contributed by atoms with van der Waals surface area (Å²) in [6.45, 7) is 9.36. The molecule has 0 saturated carbocycles. The molecule has 0 unspecified atom stereocenters. The number of hydrogen-bond donors (Lipinski definition) is 3. The maximum Gasteiger partial charge on any atom is 0.319 e. The Morgan fingerprint density at radius 2 is 1.73 bits per heavy atom. The highest BCUT2D eigenvalue weighted by molar-refractivity contribution is 5.99. The van der Waals surface area contributed by atoms with Gasteiger partial charge in [0.2, 0.25) is 0 Å². The van der Waals surface area contributed by atoms with E-state index >= 15 is 0 Å². The topological polar surface area (TPSA) is 94.1 Å². The van der Waals surface area contributed by atoms with Gasteiger partial charge in [-0.3, -0.25) is 9.69 Å². The molecule has 0 fully saturated rings. The fourth-order valence-corrected chi connectivity index (χ4v) is 5.06. The molecule has 3 N–H and O–H groups in total. The number of benzene rings is 3. The zero-order valence-corrected chi connectivity index (χ0v) is 24.6. The van der Waals surface area contributed by atoms with Crippen LogP contribution in [0.4, 0.5) is 10.5 Å². The number of hydrogen-bond acceptors (Lipinski definition) is 5. The fraction of sp³-hybridized carbons (Fsp3) is 0.394. The van der Waals surface area contributed by atoms with Gasteiger partial charge in [0.1, 0.15) is 11.9 Å². The van der Waals surface area contributed by atoms with Crippen molar-refractivity contribution in [3.63, 3.8) is 0 Å². The number of amides is 3. The third kappa shape index (κ3) is 7.86. The standard InChI is InChI=1S/C33H42N4O4/c1-22(2)34-33(40)35-28-15-16-30-29(17-28)32(39)37(24(4)21-38)18-23(3)31(41-30)20-36(5)19-25-11-13-27(14-12-25)26-9-7-6-8-10-26/h6-17,22-24,31,38H,18-21H2,1-5H3,(H2,34,35,40)/t23-,24-,31+/m0/s1. The average molecular weight is 559 g/mol. The highest BCUT2D eigenvalue weighted by atomic mass is 16.5. The highest BCUT2D eigenvalue weighted by Crippen LogP contribution is 2.31. The molecule has 1 aliphatic rings. The van der Waals surface area contributed by atoms with Crippen LogP contribution in [0.5, 0.6) is 5.75 Å². The van der Waals surface area contributed by atoms with E-state index < -0.39 is 0 Å². The van der Waals surface area contributed by atoms with Crippen molar-refractivity contribution in [2.45, 2.75) is 52.4 Å². The van der Waals surface area contributed by atoms with Crippen molar-refractivity contribution in [2.75, 3.05) is 32.1 Å². The summed E-state index contributed by atoms with van der Waals surface area (Å²) in [5, 5.41) is 15.5. The van der Waals surface area contributed by atoms with Gasteiger partial charge in [-0.05, 0) is 62.7 Å². The predicted molar refractivity (Wildman–Crippen MR) is 163 cm³/mol. The minimum absolute atomic E-state index is 0.0126. The van der Waals surface area contributed by atoms with Crippen LogP contribution in [0, 0.1) is 5.92 Å². The van der Waals surface area contributed by atoms with E-state index in [0.717, 1.165) is 6.54 Å². The molecular weight excluding hydrogens is 516 g/mol. The second kappa shape index (κ2) is 13.7. The van der Waals surface area contributed by atoms with Crippen LogP contribution in [0.15, 0.2) is 72.8 Å². The van der Waals surface area contributed by atoms with Gasteiger partial charge >= 0.3 is 6.03 Å². The first-order chi connectivity index (χ1) is 19.6. The maximum atomic E-state index is 13.6. The smallest absolute Gasteiger partial charge is 0.319 e. The molecule has 8 nitrogen and oxygen atoms in total. The van der Waals surface area contributed by atoms with E-state index in [9.17, 15) is 14.7 Å². The van der Waals surface area contributed by atoms with Crippen molar-refractivity contribution in [1.29, 1.82) is 0 Å².